The maximum Gasteiger partial charge on any atom is 0.246 e. The molecule has 1 aliphatic rings. The van der Waals surface area contributed by atoms with Crippen LogP contribution < -0.4 is 5.32 Å². The van der Waals surface area contributed by atoms with Gasteiger partial charge in [-0.05, 0) is 17.2 Å². The first-order chi connectivity index (χ1) is 13.2. The van der Waals surface area contributed by atoms with Gasteiger partial charge in [0.1, 0.15) is 6.04 Å². The number of para-hydroxylation sites is 1. The lowest BCUT2D eigenvalue weighted by Crippen LogP contribution is -2.58. The van der Waals surface area contributed by atoms with Crippen molar-refractivity contribution >= 4 is 29.1 Å². The van der Waals surface area contributed by atoms with Gasteiger partial charge in [-0.25, -0.2) is 0 Å². The molecule has 0 unspecified atom stereocenters. The predicted molar refractivity (Wildman–Crippen MR) is 102 cm³/mol. The van der Waals surface area contributed by atoms with Crippen molar-refractivity contribution in [3.05, 3.63) is 71.9 Å². The van der Waals surface area contributed by atoms with Crippen molar-refractivity contribution in [2.75, 3.05) is 6.54 Å². The lowest BCUT2D eigenvalue weighted by atomic mass is 10.0. The summed E-state index contributed by atoms with van der Waals surface area (Å²) in [4.78, 5) is 38.0. The number of fused-ring (bicyclic) bond motifs is 1. The largest absolute Gasteiger partial charge is 0.342 e. The molecule has 1 fully saturated rings. The van der Waals surface area contributed by atoms with Crippen LogP contribution in [0, 0.1) is 0 Å². The number of hydrogen-bond acceptors (Lipinski definition) is 3. The van der Waals surface area contributed by atoms with E-state index in [0.29, 0.717) is 13.0 Å². The van der Waals surface area contributed by atoms with Gasteiger partial charge in [-0.1, -0.05) is 48.5 Å². The van der Waals surface area contributed by atoms with Crippen molar-refractivity contribution < 1.29 is 14.4 Å². The van der Waals surface area contributed by atoms with Crippen LogP contribution in [0.25, 0.3) is 10.9 Å². The number of amides is 2. The van der Waals surface area contributed by atoms with E-state index >= 15 is 0 Å². The number of carbonyl (C=O) groups excluding carboxylic acids is 3. The zero-order chi connectivity index (χ0) is 18.8. The number of rotatable bonds is 5. The number of benzene rings is 2. The van der Waals surface area contributed by atoms with Gasteiger partial charge in [0, 0.05) is 24.5 Å². The Kier molecular flexibility index (Phi) is 4.46. The fraction of sp³-hybridized carbons (Fsp3) is 0.190. The van der Waals surface area contributed by atoms with E-state index in [1.807, 2.05) is 54.6 Å². The molecular weight excluding hydrogens is 342 g/mol. The Bertz CT molecular complexity index is 1010. The van der Waals surface area contributed by atoms with E-state index in [0.717, 1.165) is 28.4 Å². The topological polar surface area (TPSA) is 71.4 Å². The standard InChI is InChI=1S/C21H19N3O3/c25-14-24-12-16(17-8-4-5-9-19(17)24)10-18-21(27)23(13-20(26)22-18)11-15-6-2-1-3-7-15/h1-9,12,14,18H,10-11,13H2,(H,22,26)/t18-/m1/s1. The van der Waals surface area contributed by atoms with E-state index in [1.54, 1.807) is 11.1 Å². The maximum absolute atomic E-state index is 12.9. The highest BCUT2D eigenvalue weighted by molar-refractivity contribution is 5.96. The quantitative estimate of drug-likeness (QED) is 0.704. The highest BCUT2D eigenvalue weighted by atomic mass is 16.2. The summed E-state index contributed by atoms with van der Waals surface area (Å²) in [6.07, 6.45) is 2.82. The van der Waals surface area contributed by atoms with Gasteiger partial charge in [0.15, 0.2) is 0 Å². The van der Waals surface area contributed by atoms with Crippen molar-refractivity contribution in [1.29, 1.82) is 0 Å². The molecule has 1 aliphatic heterocycles. The molecule has 3 aromatic rings. The Balaban J connectivity index is 1.59. The molecular formula is C21H19N3O3. The van der Waals surface area contributed by atoms with Gasteiger partial charge in [-0.15, -0.1) is 0 Å². The second-order valence-electron chi connectivity index (χ2n) is 6.69. The zero-order valence-corrected chi connectivity index (χ0v) is 14.7. The molecule has 1 N–H and O–H groups in total. The first-order valence-corrected chi connectivity index (χ1v) is 8.81. The van der Waals surface area contributed by atoms with Crippen LogP contribution in [0.5, 0.6) is 0 Å². The Morgan fingerprint density at radius 1 is 1.04 bits per heavy atom. The van der Waals surface area contributed by atoms with Gasteiger partial charge in [-0.2, -0.15) is 0 Å². The van der Waals surface area contributed by atoms with E-state index < -0.39 is 6.04 Å². The minimum atomic E-state index is -0.638. The highest BCUT2D eigenvalue weighted by Gasteiger charge is 2.33. The number of aromatic nitrogens is 1. The monoisotopic (exact) mass is 361 g/mol. The third-order valence-electron chi connectivity index (χ3n) is 4.86. The van der Waals surface area contributed by atoms with Crippen LogP contribution in [0.15, 0.2) is 60.8 Å². The summed E-state index contributed by atoms with van der Waals surface area (Å²) < 4.78 is 1.50. The average molecular weight is 361 g/mol. The molecule has 2 heterocycles. The molecule has 0 saturated carbocycles. The molecule has 2 amide bonds. The third kappa shape index (κ3) is 3.33. The van der Waals surface area contributed by atoms with Gasteiger partial charge in [0.25, 0.3) is 0 Å². The molecule has 0 spiro atoms. The maximum atomic E-state index is 12.9. The Morgan fingerprint density at radius 3 is 2.56 bits per heavy atom. The molecule has 1 atom stereocenters. The van der Waals surface area contributed by atoms with E-state index in [-0.39, 0.29) is 18.4 Å². The van der Waals surface area contributed by atoms with Crippen LogP contribution in [-0.4, -0.2) is 40.3 Å². The van der Waals surface area contributed by atoms with Crippen LogP contribution in [0.2, 0.25) is 0 Å². The number of piperazine rings is 1. The average Bonchev–Trinajstić information content (AvgIpc) is 3.04. The van der Waals surface area contributed by atoms with Crippen LogP contribution in [-0.2, 0) is 27.3 Å². The SMILES string of the molecule is O=Cn1cc(C[C@H]2NC(=O)CN(Cc3ccccc3)C2=O)c2ccccc21. The third-order valence-corrected chi connectivity index (χ3v) is 4.86. The Hall–Kier alpha value is -3.41. The van der Waals surface area contributed by atoms with Crippen LogP contribution in [0.1, 0.15) is 11.1 Å². The number of nitrogens with one attached hydrogen (secondary N) is 1. The van der Waals surface area contributed by atoms with Crippen LogP contribution in [0.3, 0.4) is 0 Å². The van der Waals surface area contributed by atoms with Gasteiger partial charge >= 0.3 is 0 Å². The molecule has 27 heavy (non-hydrogen) atoms. The van der Waals surface area contributed by atoms with Gasteiger partial charge < -0.3 is 10.2 Å². The van der Waals surface area contributed by atoms with E-state index in [1.165, 1.54) is 4.57 Å². The van der Waals surface area contributed by atoms with Crippen LogP contribution in [0.4, 0.5) is 0 Å². The fourth-order valence-corrected chi connectivity index (χ4v) is 3.60. The summed E-state index contributed by atoms with van der Waals surface area (Å²) in [7, 11) is 0. The summed E-state index contributed by atoms with van der Waals surface area (Å²) in [5.74, 6) is -0.281. The molecule has 2 aromatic carbocycles. The molecule has 0 radical (unpaired) electrons. The first kappa shape index (κ1) is 17.0. The van der Waals surface area contributed by atoms with Crippen molar-refractivity contribution in [3.63, 3.8) is 0 Å². The summed E-state index contributed by atoms with van der Waals surface area (Å²) in [6, 6.07) is 16.5. The second kappa shape index (κ2) is 7.07. The second-order valence-corrected chi connectivity index (χ2v) is 6.69. The lowest BCUT2D eigenvalue weighted by molar-refractivity contribution is -0.144. The van der Waals surface area contributed by atoms with Crippen LogP contribution >= 0.6 is 0 Å². The normalized spacial score (nSPS) is 17.2. The molecule has 6 nitrogen and oxygen atoms in total. The highest BCUT2D eigenvalue weighted by Crippen LogP contribution is 2.23. The number of carbonyl (C=O) groups is 3. The Morgan fingerprint density at radius 2 is 1.78 bits per heavy atom. The van der Waals surface area contributed by atoms with Crippen molar-refractivity contribution in [2.24, 2.45) is 0 Å². The molecule has 0 aliphatic carbocycles. The summed E-state index contributed by atoms with van der Waals surface area (Å²) in [5, 5.41) is 3.70. The lowest BCUT2D eigenvalue weighted by Gasteiger charge is -2.32. The fourth-order valence-electron chi connectivity index (χ4n) is 3.60. The van der Waals surface area contributed by atoms with E-state index in [4.69, 9.17) is 0 Å². The molecule has 4 rings (SSSR count). The molecule has 1 aromatic heterocycles. The molecule has 1 saturated heterocycles. The number of nitrogens with zero attached hydrogens (tertiary/aromatic N) is 2. The van der Waals surface area contributed by atoms with Gasteiger partial charge in [-0.3, -0.25) is 19.0 Å². The summed E-state index contributed by atoms with van der Waals surface area (Å²) in [6.45, 7) is 0.458. The van der Waals surface area contributed by atoms with Gasteiger partial charge in [0.05, 0.1) is 12.1 Å². The number of hydrogen-bond donors (Lipinski definition) is 1. The molecule has 6 heteroatoms. The van der Waals surface area contributed by atoms with E-state index in [9.17, 15) is 14.4 Å². The van der Waals surface area contributed by atoms with Gasteiger partial charge in [0.2, 0.25) is 18.2 Å². The zero-order valence-electron chi connectivity index (χ0n) is 14.7. The minimum absolute atomic E-state index is 0.0559. The predicted octanol–water partition coefficient (Wildman–Crippen LogP) is 1.75. The summed E-state index contributed by atoms with van der Waals surface area (Å²) >= 11 is 0. The smallest absolute Gasteiger partial charge is 0.246 e. The van der Waals surface area contributed by atoms with Crippen molar-refractivity contribution in [2.45, 2.75) is 19.0 Å². The molecule has 0 bridgehead atoms. The van der Waals surface area contributed by atoms with E-state index in [2.05, 4.69) is 5.32 Å². The first-order valence-electron chi connectivity index (χ1n) is 8.81. The molecule has 136 valence electrons. The van der Waals surface area contributed by atoms with Crippen molar-refractivity contribution in [3.8, 4) is 0 Å². The summed E-state index contributed by atoms with van der Waals surface area (Å²) in [5.41, 5.74) is 2.63. The Labute approximate surface area is 156 Å². The minimum Gasteiger partial charge on any atom is -0.342 e. The van der Waals surface area contributed by atoms with Crippen molar-refractivity contribution in [1.82, 2.24) is 14.8 Å².